The molecule has 0 bridgehead atoms. The van der Waals surface area contributed by atoms with Crippen molar-refractivity contribution in [1.82, 2.24) is 10.6 Å². The summed E-state index contributed by atoms with van der Waals surface area (Å²) >= 11 is 5.99. The Bertz CT molecular complexity index is 471. The van der Waals surface area contributed by atoms with Crippen molar-refractivity contribution in [2.75, 3.05) is 13.1 Å². The SMILES string of the molecule is CC(C)Oc1ccc(Cl)cc1C(=O)N[C@H]1CCCNC1. The Morgan fingerprint density at radius 3 is 2.95 bits per heavy atom. The van der Waals surface area contributed by atoms with Gasteiger partial charge in [-0.25, -0.2) is 0 Å². The van der Waals surface area contributed by atoms with Crippen molar-refractivity contribution in [3.8, 4) is 5.75 Å². The van der Waals surface area contributed by atoms with Crippen molar-refractivity contribution < 1.29 is 9.53 Å². The smallest absolute Gasteiger partial charge is 0.255 e. The average Bonchev–Trinajstić information content (AvgIpc) is 2.41. The van der Waals surface area contributed by atoms with Crippen LogP contribution in [0.3, 0.4) is 0 Å². The second-order valence-corrected chi connectivity index (χ2v) is 5.76. The molecule has 1 saturated heterocycles. The third kappa shape index (κ3) is 4.12. The molecule has 1 fully saturated rings. The summed E-state index contributed by atoms with van der Waals surface area (Å²) in [5, 5.41) is 6.85. The number of piperidine rings is 1. The maximum Gasteiger partial charge on any atom is 0.255 e. The molecule has 2 N–H and O–H groups in total. The van der Waals surface area contributed by atoms with Crippen molar-refractivity contribution in [1.29, 1.82) is 0 Å². The molecule has 0 aromatic heterocycles. The standard InChI is InChI=1S/C15H21ClN2O2/c1-10(2)20-14-6-5-11(16)8-13(14)15(19)18-12-4-3-7-17-9-12/h5-6,8,10,12,17H,3-4,7,9H2,1-2H3,(H,18,19)/t12-/m0/s1. The van der Waals surface area contributed by atoms with Gasteiger partial charge in [-0.1, -0.05) is 11.6 Å². The van der Waals surface area contributed by atoms with Gasteiger partial charge in [0.05, 0.1) is 11.7 Å². The minimum absolute atomic E-state index is 0.0130. The maximum atomic E-state index is 12.4. The number of nitrogens with one attached hydrogen (secondary N) is 2. The summed E-state index contributed by atoms with van der Waals surface area (Å²) in [5.74, 6) is 0.447. The molecule has 0 unspecified atom stereocenters. The summed E-state index contributed by atoms with van der Waals surface area (Å²) in [4.78, 5) is 12.4. The molecule has 20 heavy (non-hydrogen) atoms. The zero-order valence-corrected chi connectivity index (χ0v) is 12.7. The molecule has 0 spiro atoms. The normalized spacial score (nSPS) is 18.9. The quantitative estimate of drug-likeness (QED) is 0.898. The highest BCUT2D eigenvalue weighted by Crippen LogP contribution is 2.24. The first-order chi connectivity index (χ1) is 9.56. The van der Waals surface area contributed by atoms with Crippen molar-refractivity contribution in [3.63, 3.8) is 0 Å². The van der Waals surface area contributed by atoms with Gasteiger partial charge in [-0.2, -0.15) is 0 Å². The largest absolute Gasteiger partial charge is 0.490 e. The van der Waals surface area contributed by atoms with E-state index >= 15 is 0 Å². The number of rotatable bonds is 4. The Kier molecular flexibility index (Phi) is 5.26. The molecule has 1 aliphatic heterocycles. The molecule has 0 saturated carbocycles. The first-order valence-corrected chi connectivity index (χ1v) is 7.42. The molecular formula is C15H21ClN2O2. The number of benzene rings is 1. The number of ether oxygens (including phenoxy) is 1. The molecule has 4 nitrogen and oxygen atoms in total. The van der Waals surface area contributed by atoms with E-state index in [4.69, 9.17) is 16.3 Å². The molecule has 1 amide bonds. The molecule has 0 radical (unpaired) electrons. The number of hydrogen-bond donors (Lipinski definition) is 2. The lowest BCUT2D eigenvalue weighted by Gasteiger charge is -2.24. The fraction of sp³-hybridized carbons (Fsp3) is 0.533. The molecule has 1 heterocycles. The summed E-state index contributed by atoms with van der Waals surface area (Å²) in [5.41, 5.74) is 0.497. The van der Waals surface area contributed by atoms with E-state index in [1.165, 1.54) is 0 Å². The van der Waals surface area contributed by atoms with Crippen LogP contribution in [0.25, 0.3) is 0 Å². The number of amides is 1. The second kappa shape index (κ2) is 6.95. The van der Waals surface area contributed by atoms with E-state index in [-0.39, 0.29) is 18.1 Å². The first-order valence-electron chi connectivity index (χ1n) is 7.04. The van der Waals surface area contributed by atoms with Crippen LogP contribution in [0.15, 0.2) is 18.2 Å². The Hall–Kier alpha value is -1.26. The summed E-state index contributed by atoms with van der Waals surface area (Å²) in [6.45, 7) is 5.70. The van der Waals surface area contributed by atoms with Crippen LogP contribution < -0.4 is 15.4 Å². The minimum Gasteiger partial charge on any atom is -0.490 e. The average molecular weight is 297 g/mol. The fourth-order valence-corrected chi connectivity index (χ4v) is 2.45. The predicted molar refractivity (Wildman–Crippen MR) is 80.6 cm³/mol. The van der Waals surface area contributed by atoms with Gasteiger partial charge >= 0.3 is 0 Å². The number of halogens is 1. The van der Waals surface area contributed by atoms with E-state index in [0.29, 0.717) is 16.3 Å². The molecule has 110 valence electrons. The number of carbonyl (C=O) groups excluding carboxylic acids is 1. The van der Waals surface area contributed by atoms with Gasteiger partial charge in [0.15, 0.2) is 0 Å². The van der Waals surface area contributed by atoms with E-state index in [2.05, 4.69) is 10.6 Å². The van der Waals surface area contributed by atoms with Crippen LogP contribution in [0.1, 0.15) is 37.0 Å². The monoisotopic (exact) mass is 296 g/mol. The summed E-state index contributed by atoms with van der Waals surface area (Å²) < 4.78 is 5.68. The van der Waals surface area contributed by atoms with E-state index in [0.717, 1.165) is 25.9 Å². The van der Waals surface area contributed by atoms with Crippen molar-refractivity contribution in [2.24, 2.45) is 0 Å². The van der Waals surface area contributed by atoms with Gasteiger partial charge in [0, 0.05) is 17.6 Å². The van der Waals surface area contributed by atoms with Gasteiger partial charge in [-0.15, -0.1) is 0 Å². The molecule has 1 aliphatic rings. The van der Waals surface area contributed by atoms with E-state index in [1.807, 2.05) is 13.8 Å². The van der Waals surface area contributed by atoms with Gasteiger partial charge in [0.2, 0.25) is 0 Å². The van der Waals surface area contributed by atoms with Crippen LogP contribution in [0.2, 0.25) is 5.02 Å². The zero-order chi connectivity index (χ0) is 14.5. The third-order valence-electron chi connectivity index (χ3n) is 3.18. The number of hydrogen-bond acceptors (Lipinski definition) is 3. The van der Waals surface area contributed by atoms with Gasteiger partial charge < -0.3 is 15.4 Å². The van der Waals surface area contributed by atoms with Crippen LogP contribution in [0.5, 0.6) is 5.75 Å². The Balaban J connectivity index is 2.12. The second-order valence-electron chi connectivity index (χ2n) is 5.32. The fourth-order valence-electron chi connectivity index (χ4n) is 2.27. The molecular weight excluding hydrogens is 276 g/mol. The lowest BCUT2D eigenvalue weighted by atomic mass is 10.1. The van der Waals surface area contributed by atoms with Gasteiger partial charge in [0.25, 0.3) is 5.91 Å². The topological polar surface area (TPSA) is 50.4 Å². The Morgan fingerprint density at radius 2 is 2.30 bits per heavy atom. The third-order valence-corrected chi connectivity index (χ3v) is 3.42. The van der Waals surface area contributed by atoms with Gasteiger partial charge in [0.1, 0.15) is 5.75 Å². The minimum atomic E-state index is -0.128. The van der Waals surface area contributed by atoms with Crippen LogP contribution in [0.4, 0.5) is 0 Å². The van der Waals surface area contributed by atoms with Crippen molar-refractivity contribution >= 4 is 17.5 Å². The molecule has 5 heteroatoms. The number of carbonyl (C=O) groups is 1. The predicted octanol–water partition coefficient (Wildman–Crippen LogP) is 2.61. The van der Waals surface area contributed by atoms with Crippen LogP contribution in [-0.4, -0.2) is 31.1 Å². The zero-order valence-electron chi connectivity index (χ0n) is 11.9. The molecule has 0 aliphatic carbocycles. The van der Waals surface area contributed by atoms with Gasteiger partial charge in [-0.3, -0.25) is 4.79 Å². The molecule has 2 rings (SSSR count). The molecule has 1 aromatic rings. The van der Waals surface area contributed by atoms with Gasteiger partial charge in [-0.05, 0) is 51.4 Å². The highest BCUT2D eigenvalue weighted by Gasteiger charge is 2.19. The first kappa shape index (κ1) is 15.1. The van der Waals surface area contributed by atoms with Crippen LogP contribution >= 0.6 is 11.6 Å². The van der Waals surface area contributed by atoms with E-state index in [1.54, 1.807) is 18.2 Å². The summed E-state index contributed by atoms with van der Waals surface area (Å²) in [7, 11) is 0. The van der Waals surface area contributed by atoms with Crippen molar-refractivity contribution in [3.05, 3.63) is 28.8 Å². The Morgan fingerprint density at radius 1 is 1.50 bits per heavy atom. The van der Waals surface area contributed by atoms with E-state index in [9.17, 15) is 4.79 Å². The van der Waals surface area contributed by atoms with Crippen molar-refractivity contribution in [2.45, 2.75) is 38.8 Å². The molecule has 1 aromatic carbocycles. The van der Waals surface area contributed by atoms with Crippen LogP contribution in [-0.2, 0) is 0 Å². The highest BCUT2D eigenvalue weighted by atomic mass is 35.5. The van der Waals surface area contributed by atoms with E-state index < -0.39 is 0 Å². The Labute approximate surface area is 124 Å². The lowest BCUT2D eigenvalue weighted by molar-refractivity contribution is 0.0925. The molecule has 1 atom stereocenters. The highest BCUT2D eigenvalue weighted by molar-refractivity contribution is 6.31. The van der Waals surface area contributed by atoms with Crippen LogP contribution in [0, 0.1) is 0 Å². The summed E-state index contributed by atoms with van der Waals surface area (Å²) in [6.07, 6.45) is 2.09. The summed E-state index contributed by atoms with van der Waals surface area (Å²) in [6, 6.07) is 5.31. The lowest BCUT2D eigenvalue weighted by Crippen LogP contribution is -2.45. The maximum absolute atomic E-state index is 12.4.